The van der Waals surface area contributed by atoms with Crippen molar-refractivity contribution in [3.63, 3.8) is 0 Å². The van der Waals surface area contributed by atoms with Crippen molar-refractivity contribution >= 4 is 8.32 Å². The third-order valence-electron chi connectivity index (χ3n) is 11.6. The summed E-state index contributed by atoms with van der Waals surface area (Å²) in [7, 11) is -1.80. The molecule has 33 heavy (non-hydrogen) atoms. The second-order valence-corrected chi connectivity index (χ2v) is 19.7. The Hall–Kier alpha value is -0.163. The Bertz CT molecular complexity index is 812. The van der Waals surface area contributed by atoms with E-state index in [4.69, 9.17) is 13.9 Å². The van der Waals surface area contributed by atoms with Crippen LogP contribution in [0, 0.1) is 34.5 Å². The van der Waals surface area contributed by atoms with Crippen LogP contribution in [-0.4, -0.2) is 32.4 Å². The second-order valence-electron chi connectivity index (χ2n) is 14.9. The highest BCUT2D eigenvalue weighted by Gasteiger charge is 2.68. The zero-order chi connectivity index (χ0) is 24.2. The van der Waals surface area contributed by atoms with Crippen molar-refractivity contribution in [1.29, 1.82) is 0 Å². The average molecular weight is 475 g/mol. The van der Waals surface area contributed by atoms with Gasteiger partial charge in [0.25, 0.3) is 0 Å². The van der Waals surface area contributed by atoms with Gasteiger partial charge in [-0.15, -0.1) is 0 Å². The molecule has 5 rings (SSSR count). The highest BCUT2D eigenvalue weighted by molar-refractivity contribution is 6.74. The van der Waals surface area contributed by atoms with Crippen LogP contribution in [0.2, 0.25) is 18.1 Å². The molecule has 0 radical (unpaired) electrons. The van der Waals surface area contributed by atoms with Gasteiger partial charge >= 0.3 is 0 Å². The van der Waals surface area contributed by atoms with Crippen molar-refractivity contribution in [1.82, 2.24) is 0 Å². The van der Waals surface area contributed by atoms with Gasteiger partial charge in [0.15, 0.2) is 14.1 Å². The van der Waals surface area contributed by atoms with Gasteiger partial charge in [0.1, 0.15) is 0 Å². The molecule has 1 aliphatic heterocycles. The van der Waals surface area contributed by atoms with Crippen molar-refractivity contribution in [3.8, 4) is 0 Å². The van der Waals surface area contributed by atoms with E-state index in [0.717, 1.165) is 12.3 Å². The number of fused-ring (bicyclic) bond motifs is 8. The number of rotatable bonds is 2. The molecule has 0 aromatic rings. The normalized spacial score (nSPS) is 49.2. The molecule has 4 aliphatic carbocycles. The SMILES string of the molecule is C=C1CC[C@]2(C)C3CC[C@@]4(C)C(CC[C@@H]4O[Si](C)(C)C(C)(C)C)C3[C@H]3OC(C)(C)O[C@@H]3C2C1. The predicted octanol–water partition coefficient (Wildman–Crippen LogP) is 7.72. The van der Waals surface area contributed by atoms with Crippen molar-refractivity contribution in [2.24, 2.45) is 34.5 Å². The molecule has 4 heteroatoms. The summed E-state index contributed by atoms with van der Waals surface area (Å²) in [5.41, 5.74) is 2.03. The van der Waals surface area contributed by atoms with Gasteiger partial charge in [-0.25, -0.2) is 0 Å². The van der Waals surface area contributed by atoms with E-state index in [-0.39, 0.29) is 22.7 Å². The highest BCUT2D eigenvalue weighted by Crippen LogP contribution is 2.69. The molecule has 5 aliphatic rings. The lowest BCUT2D eigenvalue weighted by molar-refractivity contribution is -0.178. The number of allylic oxidation sites excluding steroid dienone is 1. The molecule has 5 fully saturated rings. The van der Waals surface area contributed by atoms with E-state index in [9.17, 15) is 0 Å². The zero-order valence-corrected chi connectivity index (χ0v) is 23.9. The van der Waals surface area contributed by atoms with Crippen LogP contribution >= 0.6 is 0 Å². The van der Waals surface area contributed by atoms with Crippen molar-refractivity contribution < 1.29 is 13.9 Å². The largest absolute Gasteiger partial charge is 0.413 e. The van der Waals surface area contributed by atoms with Gasteiger partial charge in [-0.2, -0.15) is 0 Å². The van der Waals surface area contributed by atoms with Crippen molar-refractivity contribution in [3.05, 3.63) is 12.2 Å². The Kier molecular flexibility index (Phi) is 5.52. The Morgan fingerprint density at radius 3 is 2.18 bits per heavy atom. The van der Waals surface area contributed by atoms with Crippen LogP contribution in [0.25, 0.3) is 0 Å². The summed E-state index contributed by atoms with van der Waals surface area (Å²) in [4.78, 5) is 0. The molecule has 4 saturated carbocycles. The van der Waals surface area contributed by atoms with E-state index in [1.807, 2.05) is 0 Å². The minimum atomic E-state index is -1.80. The zero-order valence-electron chi connectivity index (χ0n) is 22.9. The summed E-state index contributed by atoms with van der Waals surface area (Å²) in [5, 5.41) is 0.256. The highest BCUT2D eigenvalue weighted by atomic mass is 28.4. The minimum absolute atomic E-state index is 0.214. The second kappa shape index (κ2) is 7.43. The Morgan fingerprint density at radius 1 is 0.879 bits per heavy atom. The Balaban J connectivity index is 1.49. The molecular formula is C29H50O3Si. The minimum Gasteiger partial charge on any atom is -0.413 e. The Labute approximate surface area is 204 Å². The van der Waals surface area contributed by atoms with Crippen LogP contribution < -0.4 is 0 Å². The van der Waals surface area contributed by atoms with E-state index in [0.29, 0.717) is 29.3 Å². The number of hydrogen-bond donors (Lipinski definition) is 0. The molecule has 9 atom stereocenters. The van der Waals surface area contributed by atoms with E-state index >= 15 is 0 Å². The maximum absolute atomic E-state index is 7.17. The fourth-order valence-corrected chi connectivity index (χ4v) is 10.2. The lowest BCUT2D eigenvalue weighted by atomic mass is 9.43. The molecule has 0 amide bonds. The summed E-state index contributed by atoms with van der Waals surface area (Å²) < 4.78 is 20.7. The van der Waals surface area contributed by atoms with Crippen LogP contribution in [0.15, 0.2) is 12.2 Å². The first-order valence-corrected chi connectivity index (χ1v) is 16.7. The van der Waals surface area contributed by atoms with Crippen molar-refractivity contribution in [2.45, 2.75) is 136 Å². The van der Waals surface area contributed by atoms with Gasteiger partial charge < -0.3 is 13.9 Å². The molecule has 3 nitrogen and oxygen atoms in total. The van der Waals surface area contributed by atoms with Crippen LogP contribution in [0.3, 0.4) is 0 Å². The van der Waals surface area contributed by atoms with Gasteiger partial charge in [0, 0.05) is 0 Å². The lowest BCUT2D eigenvalue weighted by Crippen LogP contribution is -2.63. The quantitative estimate of drug-likeness (QED) is 0.303. The van der Waals surface area contributed by atoms with E-state index in [2.05, 4.69) is 68.1 Å². The molecule has 1 saturated heterocycles. The summed E-state index contributed by atoms with van der Waals surface area (Å²) >= 11 is 0. The maximum atomic E-state index is 7.17. The molecule has 1 heterocycles. The Morgan fingerprint density at radius 2 is 1.52 bits per heavy atom. The first-order valence-electron chi connectivity index (χ1n) is 13.8. The summed E-state index contributed by atoms with van der Waals surface area (Å²) in [6.45, 7) is 25.9. The summed E-state index contributed by atoms with van der Waals surface area (Å²) in [5.74, 6) is 2.08. The monoisotopic (exact) mass is 474 g/mol. The molecule has 0 bridgehead atoms. The van der Waals surface area contributed by atoms with Crippen LogP contribution in [0.5, 0.6) is 0 Å². The topological polar surface area (TPSA) is 27.7 Å². The smallest absolute Gasteiger partial charge is 0.192 e. The van der Waals surface area contributed by atoms with Crippen LogP contribution in [-0.2, 0) is 13.9 Å². The van der Waals surface area contributed by atoms with Gasteiger partial charge in [0.05, 0.1) is 18.3 Å². The van der Waals surface area contributed by atoms with Gasteiger partial charge in [-0.1, -0.05) is 46.8 Å². The lowest BCUT2D eigenvalue weighted by Gasteiger charge is -2.63. The number of ether oxygens (including phenoxy) is 2. The summed E-state index contributed by atoms with van der Waals surface area (Å²) in [6, 6.07) is 0. The van der Waals surface area contributed by atoms with Crippen LogP contribution in [0.4, 0.5) is 0 Å². The van der Waals surface area contributed by atoms with E-state index in [1.165, 1.54) is 44.1 Å². The van der Waals surface area contributed by atoms with Crippen molar-refractivity contribution in [2.75, 3.05) is 0 Å². The standard InChI is InChI=1S/C29H50O3Si/c1-18-13-15-28(7)20-14-16-29(8)19(11-12-22(29)32-33(9,10)26(2,3)4)23(20)25-24(21(28)17-18)30-27(5,6)31-25/h19-25H,1,11-17H2,2-10H3/t19?,20?,21?,22-,23?,24+,25+,28+,29-/m0/s1. The van der Waals surface area contributed by atoms with Crippen LogP contribution in [0.1, 0.15) is 93.4 Å². The molecular weight excluding hydrogens is 424 g/mol. The van der Waals surface area contributed by atoms with Gasteiger partial charge in [0.2, 0.25) is 0 Å². The third kappa shape index (κ3) is 3.59. The van der Waals surface area contributed by atoms with E-state index in [1.54, 1.807) is 0 Å². The predicted molar refractivity (Wildman–Crippen MR) is 138 cm³/mol. The van der Waals surface area contributed by atoms with Gasteiger partial charge in [-0.05, 0) is 111 Å². The summed E-state index contributed by atoms with van der Waals surface area (Å²) in [6.07, 6.45) is 9.57. The third-order valence-corrected chi connectivity index (χ3v) is 16.1. The fourth-order valence-electron chi connectivity index (χ4n) is 8.76. The molecule has 0 aromatic carbocycles. The molecule has 0 N–H and O–H groups in total. The van der Waals surface area contributed by atoms with E-state index < -0.39 is 14.1 Å². The van der Waals surface area contributed by atoms with Gasteiger partial charge in [-0.3, -0.25) is 0 Å². The number of hydrogen-bond acceptors (Lipinski definition) is 3. The molecule has 4 unspecified atom stereocenters. The first kappa shape index (κ1) is 24.5. The molecule has 0 spiro atoms. The molecule has 0 aromatic heterocycles. The first-order chi connectivity index (χ1) is 15.1. The molecule has 188 valence electrons. The maximum Gasteiger partial charge on any atom is 0.192 e. The fraction of sp³-hybridized carbons (Fsp3) is 0.931. The average Bonchev–Trinajstić information content (AvgIpc) is 3.18.